The normalized spacial score (nSPS) is 11.1. The first-order valence-electron chi connectivity index (χ1n) is 9.32. The van der Waals surface area contributed by atoms with E-state index in [1.165, 1.54) is 17.1 Å². The van der Waals surface area contributed by atoms with E-state index in [2.05, 4.69) is 31.3 Å². The highest BCUT2D eigenvalue weighted by Gasteiger charge is 2.18. The second-order valence-electron chi connectivity index (χ2n) is 6.27. The van der Waals surface area contributed by atoms with Crippen LogP contribution in [-0.4, -0.2) is 63.5 Å². The van der Waals surface area contributed by atoms with E-state index in [4.69, 9.17) is 25.8 Å². The van der Waals surface area contributed by atoms with Crippen molar-refractivity contribution >= 4 is 56.1 Å². The molecule has 0 bridgehead atoms. The Labute approximate surface area is 191 Å². The molecule has 0 radical (unpaired) electrons. The number of imidazole rings is 1. The van der Waals surface area contributed by atoms with Crippen LogP contribution in [0, 0.1) is 0 Å². The molecule has 1 amide bonds. The number of benzene rings is 1. The largest absolute Gasteiger partial charge is 0.462 e. The van der Waals surface area contributed by atoms with Crippen molar-refractivity contribution in [2.45, 2.75) is 13.7 Å². The molecule has 0 saturated heterocycles. The number of nitrogens with one attached hydrogen (secondary N) is 1. The zero-order valence-corrected chi connectivity index (χ0v) is 19.3. The van der Waals surface area contributed by atoms with Gasteiger partial charge in [0.2, 0.25) is 11.9 Å². The molecule has 0 saturated carbocycles. The fourth-order valence-corrected chi connectivity index (χ4v) is 3.11. The number of methoxy groups -OCH3 is 1. The first-order chi connectivity index (χ1) is 15.0. The SMILES string of the molecule is CCOC(=O)c1cnn(-c2nc3cc(NC(=O)CBr)c(Cl)cc3n2COCCOC)c1. The van der Waals surface area contributed by atoms with Gasteiger partial charge in [-0.1, -0.05) is 27.5 Å². The van der Waals surface area contributed by atoms with Gasteiger partial charge in [0, 0.05) is 13.3 Å². The second kappa shape index (κ2) is 10.7. The predicted octanol–water partition coefficient (Wildman–Crippen LogP) is 3.01. The number of fused-ring (bicyclic) bond motifs is 1. The number of hydrogen-bond donors (Lipinski definition) is 1. The summed E-state index contributed by atoms with van der Waals surface area (Å²) in [5, 5.41) is 7.44. The van der Waals surface area contributed by atoms with Crippen LogP contribution in [-0.2, 0) is 25.7 Å². The second-order valence-corrected chi connectivity index (χ2v) is 7.23. The Bertz CT molecular complexity index is 1080. The lowest BCUT2D eigenvalue weighted by Crippen LogP contribution is -2.13. The maximum atomic E-state index is 12.0. The molecule has 0 unspecified atom stereocenters. The number of esters is 1. The molecule has 0 atom stereocenters. The van der Waals surface area contributed by atoms with Gasteiger partial charge in [-0.05, 0) is 19.1 Å². The lowest BCUT2D eigenvalue weighted by atomic mass is 10.2. The third-order valence-electron chi connectivity index (χ3n) is 4.16. The molecule has 2 aromatic heterocycles. The first kappa shape index (κ1) is 23.2. The maximum absolute atomic E-state index is 12.0. The van der Waals surface area contributed by atoms with Crippen molar-refractivity contribution < 1.29 is 23.8 Å². The van der Waals surface area contributed by atoms with Crippen molar-refractivity contribution in [2.75, 3.05) is 37.6 Å². The van der Waals surface area contributed by atoms with Gasteiger partial charge in [0.1, 0.15) is 6.73 Å². The van der Waals surface area contributed by atoms with Crippen LogP contribution in [0.2, 0.25) is 5.02 Å². The Balaban J connectivity index is 2.03. The minimum absolute atomic E-state index is 0.137. The lowest BCUT2D eigenvalue weighted by Gasteiger charge is -2.11. The van der Waals surface area contributed by atoms with Gasteiger partial charge in [-0.2, -0.15) is 5.10 Å². The van der Waals surface area contributed by atoms with Gasteiger partial charge in [0.05, 0.1) is 58.7 Å². The van der Waals surface area contributed by atoms with Crippen LogP contribution in [0.25, 0.3) is 17.0 Å². The number of amides is 1. The standard InChI is InChI=1S/C19H21BrClN5O5/c1-3-31-18(28)12-9-22-26(10-12)19-24-15-7-14(23-17(27)8-20)13(21)6-16(15)25(19)11-30-5-4-29-2/h6-7,9-10H,3-5,8,11H2,1-2H3,(H,23,27). The lowest BCUT2D eigenvalue weighted by molar-refractivity contribution is -0.113. The molecule has 10 nitrogen and oxygen atoms in total. The third kappa shape index (κ3) is 5.42. The number of ether oxygens (including phenoxy) is 3. The fraction of sp³-hybridized carbons (Fsp3) is 0.368. The molecule has 0 spiro atoms. The number of carbonyl (C=O) groups is 2. The molecule has 2 heterocycles. The average molecular weight is 515 g/mol. The van der Waals surface area contributed by atoms with Crippen molar-refractivity contribution in [3.8, 4) is 5.95 Å². The number of anilines is 1. The monoisotopic (exact) mass is 513 g/mol. The Kier molecular flexibility index (Phi) is 8.02. The summed E-state index contributed by atoms with van der Waals surface area (Å²) in [7, 11) is 1.59. The van der Waals surface area contributed by atoms with Gasteiger partial charge < -0.3 is 19.5 Å². The van der Waals surface area contributed by atoms with E-state index in [0.29, 0.717) is 46.5 Å². The molecule has 1 aromatic carbocycles. The molecule has 0 aliphatic rings. The molecule has 0 fully saturated rings. The summed E-state index contributed by atoms with van der Waals surface area (Å²) in [4.78, 5) is 28.4. The molecule has 3 aromatic rings. The third-order valence-corrected chi connectivity index (χ3v) is 4.99. The van der Waals surface area contributed by atoms with Gasteiger partial charge >= 0.3 is 5.97 Å². The van der Waals surface area contributed by atoms with Crippen molar-refractivity contribution in [1.82, 2.24) is 19.3 Å². The predicted molar refractivity (Wildman–Crippen MR) is 118 cm³/mol. The van der Waals surface area contributed by atoms with E-state index in [1.807, 2.05) is 0 Å². The molecule has 12 heteroatoms. The number of carbonyl (C=O) groups excluding carboxylic acids is 2. The molecular formula is C19H21BrClN5O5. The van der Waals surface area contributed by atoms with Crippen LogP contribution >= 0.6 is 27.5 Å². The molecule has 31 heavy (non-hydrogen) atoms. The molecule has 1 N–H and O–H groups in total. The molecule has 3 rings (SSSR count). The first-order valence-corrected chi connectivity index (χ1v) is 10.8. The zero-order chi connectivity index (χ0) is 22.4. The van der Waals surface area contributed by atoms with Crippen LogP contribution in [0.4, 0.5) is 5.69 Å². The number of aromatic nitrogens is 4. The minimum atomic E-state index is -0.476. The number of rotatable bonds is 10. The van der Waals surface area contributed by atoms with E-state index in [0.717, 1.165) is 0 Å². The number of alkyl halides is 1. The highest BCUT2D eigenvalue weighted by atomic mass is 79.9. The Morgan fingerprint density at radius 2 is 2.10 bits per heavy atom. The quantitative estimate of drug-likeness (QED) is 0.252. The number of halogens is 2. The minimum Gasteiger partial charge on any atom is -0.462 e. The van der Waals surface area contributed by atoms with Crippen LogP contribution in [0.3, 0.4) is 0 Å². The van der Waals surface area contributed by atoms with Crippen molar-refractivity contribution in [2.24, 2.45) is 0 Å². The fourth-order valence-electron chi connectivity index (χ4n) is 2.76. The average Bonchev–Trinajstić information content (AvgIpc) is 3.37. The molecular weight excluding hydrogens is 494 g/mol. The summed E-state index contributed by atoms with van der Waals surface area (Å²) in [5.74, 6) is -0.312. The van der Waals surface area contributed by atoms with Gasteiger partial charge in [0.15, 0.2) is 0 Å². The van der Waals surface area contributed by atoms with Gasteiger partial charge in [-0.15, -0.1) is 0 Å². The Morgan fingerprint density at radius 3 is 2.81 bits per heavy atom. The molecule has 0 aliphatic carbocycles. The summed E-state index contributed by atoms with van der Waals surface area (Å²) < 4.78 is 18.9. The molecule has 166 valence electrons. The van der Waals surface area contributed by atoms with E-state index in [-0.39, 0.29) is 24.6 Å². The van der Waals surface area contributed by atoms with E-state index in [9.17, 15) is 9.59 Å². The smallest absolute Gasteiger partial charge is 0.341 e. The van der Waals surface area contributed by atoms with Crippen molar-refractivity contribution in [1.29, 1.82) is 0 Å². The van der Waals surface area contributed by atoms with Crippen molar-refractivity contribution in [3.05, 3.63) is 35.1 Å². The van der Waals surface area contributed by atoms with Crippen molar-refractivity contribution in [3.63, 3.8) is 0 Å². The van der Waals surface area contributed by atoms with Crippen LogP contribution in [0.5, 0.6) is 0 Å². The van der Waals surface area contributed by atoms with Gasteiger partial charge in [-0.3, -0.25) is 9.36 Å². The maximum Gasteiger partial charge on any atom is 0.341 e. The van der Waals surface area contributed by atoms with Crippen LogP contribution < -0.4 is 5.32 Å². The van der Waals surface area contributed by atoms with Gasteiger partial charge in [-0.25, -0.2) is 14.5 Å². The van der Waals surface area contributed by atoms with E-state index in [1.54, 1.807) is 30.7 Å². The Morgan fingerprint density at radius 1 is 1.29 bits per heavy atom. The topological polar surface area (TPSA) is 110 Å². The zero-order valence-electron chi connectivity index (χ0n) is 16.9. The Hall–Kier alpha value is -2.47. The highest BCUT2D eigenvalue weighted by Crippen LogP contribution is 2.30. The van der Waals surface area contributed by atoms with Crippen LogP contribution in [0.1, 0.15) is 17.3 Å². The summed E-state index contributed by atoms with van der Waals surface area (Å²) in [5.41, 5.74) is 1.96. The summed E-state index contributed by atoms with van der Waals surface area (Å²) in [6.07, 6.45) is 2.93. The number of hydrogen-bond acceptors (Lipinski definition) is 7. The molecule has 0 aliphatic heterocycles. The summed E-state index contributed by atoms with van der Waals surface area (Å²) in [6.45, 7) is 2.94. The highest BCUT2D eigenvalue weighted by molar-refractivity contribution is 9.09. The summed E-state index contributed by atoms with van der Waals surface area (Å²) in [6, 6.07) is 3.36. The van der Waals surface area contributed by atoms with Gasteiger partial charge in [0.25, 0.3) is 0 Å². The van der Waals surface area contributed by atoms with Crippen LogP contribution in [0.15, 0.2) is 24.5 Å². The number of nitrogens with zero attached hydrogens (tertiary/aromatic N) is 4. The summed E-state index contributed by atoms with van der Waals surface area (Å²) >= 11 is 9.49. The van der Waals surface area contributed by atoms with E-state index >= 15 is 0 Å². The van der Waals surface area contributed by atoms with E-state index < -0.39 is 5.97 Å².